The van der Waals surface area contributed by atoms with Crippen molar-refractivity contribution in [2.45, 2.75) is 39.3 Å². The number of methoxy groups -OCH3 is 1. The Bertz CT molecular complexity index is 833. The van der Waals surface area contributed by atoms with Crippen LogP contribution < -0.4 is 10.1 Å². The summed E-state index contributed by atoms with van der Waals surface area (Å²) in [6.07, 6.45) is 2.11. The number of nitrogens with one attached hydrogen (secondary N) is 1. The van der Waals surface area contributed by atoms with Crippen molar-refractivity contribution in [1.29, 1.82) is 0 Å². The van der Waals surface area contributed by atoms with Crippen LogP contribution >= 0.6 is 24.0 Å². The fraction of sp³-hybridized carbons (Fsp3) is 0.565. The van der Waals surface area contributed by atoms with Crippen molar-refractivity contribution in [3.63, 3.8) is 0 Å². The largest absolute Gasteiger partial charge is 0.497 e. The van der Waals surface area contributed by atoms with Crippen LogP contribution in [0.15, 0.2) is 35.5 Å². The first-order valence-corrected chi connectivity index (χ1v) is 10.6. The second kappa shape index (κ2) is 12.9. The highest BCUT2D eigenvalue weighted by atomic mass is 127. The molecule has 0 fully saturated rings. The van der Waals surface area contributed by atoms with E-state index in [1.54, 1.807) is 7.11 Å². The summed E-state index contributed by atoms with van der Waals surface area (Å²) >= 11 is 0. The minimum atomic E-state index is 0. The Labute approximate surface area is 204 Å². The van der Waals surface area contributed by atoms with E-state index < -0.39 is 0 Å². The van der Waals surface area contributed by atoms with Crippen LogP contribution in [0.25, 0.3) is 0 Å². The molecule has 2 aromatic rings. The lowest BCUT2D eigenvalue weighted by Gasteiger charge is -2.26. The molecule has 0 radical (unpaired) electrons. The van der Waals surface area contributed by atoms with Gasteiger partial charge in [-0.1, -0.05) is 26.0 Å². The number of ether oxygens (including phenoxy) is 1. The van der Waals surface area contributed by atoms with Crippen LogP contribution in [0.5, 0.6) is 5.75 Å². The summed E-state index contributed by atoms with van der Waals surface area (Å²) in [5.74, 6) is 2.15. The van der Waals surface area contributed by atoms with E-state index in [9.17, 15) is 0 Å². The van der Waals surface area contributed by atoms with Crippen LogP contribution in [0.3, 0.4) is 0 Å². The number of guanidine groups is 1. The molecule has 0 saturated heterocycles. The third kappa shape index (κ3) is 7.68. The normalized spacial score (nSPS) is 12.6. The van der Waals surface area contributed by atoms with Crippen molar-refractivity contribution >= 4 is 29.9 Å². The standard InChI is InChI=1S/C23H38N6O.HI/c1-9-24-23(28(6)15-19-16-29(7)26-22(19)17(2)3)25-14-21(27(4)5)18-11-10-12-20(13-18)30-8;/h10-13,16-17,21H,9,14-15H2,1-8H3,(H,24,25);1H. The van der Waals surface area contributed by atoms with Gasteiger partial charge >= 0.3 is 0 Å². The third-order valence-corrected chi connectivity index (χ3v) is 5.10. The summed E-state index contributed by atoms with van der Waals surface area (Å²) < 4.78 is 7.30. The first-order valence-electron chi connectivity index (χ1n) is 10.6. The van der Waals surface area contributed by atoms with Crippen molar-refractivity contribution in [2.75, 3.05) is 41.3 Å². The number of nitrogens with zero attached hydrogens (tertiary/aromatic N) is 5. The van der Waals surface area contributed by atoms with E-state index >= 15 is 0 Å². The fourth-order valence-corrected chi connectivity index (χ4v) is 3.55. The van der Waals surface area contributed by atoms with Crippen molar-refractivity contribution in [3.8, 4) is 5.75 Å². The van der Waals surface area contributed by atoms with Gasteiger partial charge in [0.1, 0.15) is 5.75 Å². The van der Waals surface area contributed by atoms with Gasteiger partial charge in [-0.25, -0.2) is 0 Å². The Morgan fingerprint density at radius 2 is 1.97 bits per heavy atom. The number of likely N-dealkylation sites (N-methyl/N-ethyl adjacent to an activating group) is 1. The molecule has 8 heteroatoms. The lowest BCUT2D eigenvalue weighted by Crippen LogP contribution is -2.39. The summed E-state index contributed by atoms with van der Waals surface area (Å²) in [5.41, 5.74) is 3.57. The molecule has 1 aromatic carbocycles. The molecule has 1 aromatic heterocycles. The summed E-state index contributed by atoms with van der Waals surface area (Å²) in [6, 6.07) is 8.37. The van der Waals surface area contributed by atoms with Gasteiger partial charge in [0.2, 0.25) is 0 Å². The average Bonchev–Trinajstić information content (AvgIpc) is 3.07. The minimum absolute atomic E-state index is 0. The summed E-state index contributed by atoms with van der Waals surface area (Å²) in [4.78, 5) is 9.33. The van der Waals surface area contributed by atoms with Crippen LogP contribution in [0.2, 0.25) is 0 Å². The van der Waals surface area contributed by atoms with Gasteiger partial charge in [0.15, 0.2) is 5.96 Å². The molecule has 1 atom stereocenters. The predicted octanol–water partition coefficient (Wildman–Crippen LogP) is 3.87. The molecule has 2 rings (SSSR count). The molecular formula is C23H39IN6O. The minimum Gasteiger partial charge on any atom is -0.497 e. The number of hydrogen-bond donors (Lipinski definition) is 1. The molecule has 31 heavy (non-hydrogen) atoms. The molecule has 0 aliphatic heterocycles. The zero-order chi connectivity index (χ0) is 22.3. The summed E-state index contributed by atoms with van der Waals surface area (Å²) in [5, 5.41) is 8.07. The van der Waals surface area contributed by atoms with E-state index in [1.165, 1.54) is 11.1 Å². The van der Waals surface area contributed by atoms with E-state index in [-0.39, 0.29) is 30.0 Å². The second-order valence-corrected chi connectivity index (χ2v) is 8.17. The average molecular weight is 543 g/mol. The van der Waals surface area contributed by atoms with Crippen LogP contribution in [-0.2, 0) is 13.6 Å². The first-order chi connectivity index (χ1) is 14.3. The maximum atomic E-state index is 5.40. The lowest BCUT2D eigenvalue weighted by atomic mass is 10.1. The molecule has 0 bridgehead atoms. The van der Waals surface area contributed by atoms with Crippen molar-refractivity contribution in [2.24, 2.45) is 12.0 Å². The Hall–Kier alpha value is -1.81. The van der Waals surface area contributed by atoms with Gasteiger partial charge in [0.05, 0.1) is 25.4 Å². The maximum Gasteiger partial charge on any atom is 0.194 e. The Morgan fingerprint density at radius 3 is 2.55 bits per heavy atom. The predicted molar refractivity (Wildman–Crippen MR) is 140 cm³/mol. The first kappa shape index (κ1) is 27.2. The topological polar surface area (TPSA) is 57.9 Å². The molecule has 0 amide bonds. The van der Waals surface area contributed by atoms with Crippen LogP contribution in [0.1, 0.15) is 49.6 Å². The maximum absolute atomic E-state index is 5.40. The molecule has 1 heterocycles. The fourth-order valence-electron chi connectivity index (χ4n) is 3.55. The van der Waals surface area contributed by atoms with Gasteiger partial charge in [-0.2, -0.15) is 5.10 Å². The van der Waals surface area contributed by atoms with Crippen molar-refractivity contribution in [1.82, 2.24) is 24.9 Å². The number of aliphatic imine (C=N–C) groups is 1. The summed E-state index contributed by atoms with van der Waals surface area (Å²) in [7, 11) is 9.92. The molecule has 0 aliphatic carbocycles. The van der Waals surface area contributed by atoms with Crippen molar-refractivity contribution < 1.29 is 4.74 Å². The molecule has 1 unspecified atom stereocenters. The Balaban J connectivity index is 0.00000480. The molecule has 0 aliphatic rings. The Kier molecular flexibility index (Phi) is 11.3. The van der Waals surface area contributed by atoms with Gasteiger partial charge in [0, 0.05) is 38.9 Å². The van der Waals surface area contributed by atoms with Gasteiger partial charge in [0.25, 0.3) is 0 Å². The van der Waals surface area contributed by atoms with Crippen LogP contribution in [-0.4, -0.2) is 66.9 Å². The second-order valence-electron chi connectivity index (χ2n) is 8.17. The zero-order valence-electron chi connectivity index (χ0n) is 20.2. The highest BCUT2D eigenvalue weighted by molar-refractivity contribution is 14.0. The molecule has 1 N–H and O–H groups in total. The molecule has 0 saturated carbocycles. The van der Waals surface area contributed by atoms with Gasteiger partial charge in [-0.15, -0.1) is 24.0 Å². The quantitative estimate of drug-likeness (QED) is 0.296. The number of benzene rings is 1. The number of hydrogen-bond acceptors (Lipinski definition) is 4. The number of rotatable bonds is 9. The van der Waals surface area contributed by atoms with Gasteiger partial charge in [-0.3, -0.25) is 9.67 Å². The van der Waals surface area contributed by atoms with E-state index in [0.717, 1.165) is 30.5 Å². The van der Waals surface area contributed by atoms with E-state index in [1.807, 2.05) is 23.9 Å². The number of aromatic nitrogens is 2. The Morgan fingerprint density at radius 1 is 1.26 bits per heavy atom. The zero-order valence-corrected chi connectivity index (χ0v) is 22.5. The van der Waals surface area contributed by atoms with E-state index in [4.69, 9.17) is 9.73 Å². The highest BCUT2D eigenvalue weighted by Gasteiger charge is 2.18. The SMILES string of the molecule is CCNC(=NCC(c1cccc(OC)c1)N(C)C)N(C)Cc1cn(C)nc1C(C)C.I. The van der Waals surface area contributed by atoms with Crippen LogP contribution in [0, 0.1) is 0 Å². The number of halogens is 1. The van der Waals surface area contributed by atoms with Crippen LogP contribution in [0.4, 0.5) is 0 Å². The molecule has 174 valence electrons. The van der Waals surface area contributed by atoms with E-state index in [2.05, 4.69) is 80.5 Å². The lowest BCUT2D eigenvalue weighted by molar-refractivity contribution is 0.304. The smallest absolute Gasteiger partial charge is 0.194 e. The summed E-state index contributed by atoms with van der Waals surface area (Å²) in [6.45, 7) is 8.69. The van der Waals surface area contributed by atoms with Crippen molar-refractivity contribution in [3.05, 3.63) is 47.3 Å². The van der Waals surface area contributed by atoms with Gasteiger partial charge < -0.3 is 19.9 Å². The number of aryl methyl sites for hydroxylation is 1. The molecule has 0 spiro atoms. The molecular weight excluding hydrogens is 503 g/mol. The molecule has 7 nitrogen and oxygen atoms in total. The highest BCUT2D eigenvalue weighted by Crippen LogP contribution is 2.23. The monoisotopic (exact) mass is 542 g/mol. The van der Waals surface area contributed by atoms with Gasteiger partial charge in [-0.05, 0) is 44.6 Å². The third-order valence-electron chi connectivity index (χ3n) is 5.10. The van der Waals surface area contributed by atoms with E-state index in [0.29, 0.717) is 12.5 Å².